The van der Waals surface area contributed by atoms with Gasteiger partial charge in [-0.05, 0) is 41.1 Å². The summed E-state index contributed by atoms with van der Waals surface area (Å²) in [4.78, 5) is 23.0. The van der Waals surface area contributed by atoms with E-state index in [0.717, 1.165) is 23.7 Å². The first-order valence-electron chi connectivity index (χ1n) is 7.33. The van der Waals surface area contributed by atoms with Gasteiger partial charge in [0.05, 0.1) is 16.5 Å². The summed E-state index contributed by atoms with van der Waals surface area (Å²) in [6.45, 7) is 0.525. The maximum atomic E-state index is 11.5. The first kappa shape index (κ1) is 16.6. The molecule has 4 nitrogen and oxygen atoms in total. The van der Waals surface area contributed by atoms with Crippen molar-refractivity contribution in [1.29, 1.82) is 0 Å². The summed E-state index contributed by atoms with van der Waals surface area (Å²) >= 11 is 7.11. The molecule has 1 aliphatic heterocycles. The molecule has 0 unspecified atom stereocenters. The van der Waals surface area contributed by atoms with E-state index in [1.807, 2.05) is 30.3 Å². The van der Waals surface area contributed by atoms with Gasteiger partial charge in [-0.3, -0.25) is 14.9 Å². The lowest BCUT2D eigenvalue weighted by Crippen LogP contribution is -2.17. The van der Waals surface area contributed by atoms with Crippen molar-refractivity contribution in [3.8, 4) is 5.75 Å². The highest BCUT2D eigenvalue weighted by Gasteiger charge is 2.24. The Morgan fingerprint density at radius 1 is 1.12 bits per heavy atom. The maximum Gasteiger partial charge on any atom is 0.290 e. The number of thioether (sulfide) groups is 1. The summed E-state index contributed by atoms with van der Waals surface area (Å²) in [5, 5.41) is 2.32. The molecule has 0 spiro atoms. The van der Waals surface area contributed by atoms with Crippen LogP contribution in [-0.2, 0) is 11.2 Å². The molecule has 2 aromatic carbocycles. The number of carbonyl (C=O) groups is 2. The standard InChI is InChI=1S/C18H14ClNO3S/c19-14-10-13(11-16-17(21)20-18(22)24-16)6-7-15(14)23-9-8-12-4-2-1-3-5-12/h1-7,10-11H,8-9H2,(H,20,21,22)/b16-11-. The molecule has 24 heavy (non-hydrogen) atoms. The fraction of sp³-hybridized carbons (Fsp3) is 0.111. The highest BCUT2D eigenvalue weighted by Crippen LogP contribution is 2.29. The Balaban J connectivity index is 1.63. The van der Waals surface area contributed by atoms with Gasteiger partial charge in [0.15, 0.2) is 0 Å². The number of hydrogen-bond donors (Lipinski definition) is 1. The van der Waals surface area contributed by atoms with Gasteiger partial charge >= 0.3 is 0 Å². The third-order valence-electron chi connectivity index (χ3n) is 3.39. The fourth-order valence-corrected chi connectivity index (χ4v) is 3.15. The number of hydrogen-bond acceptors (Lipinski definition) is 4. The van der Waals surface area contributed by atoms with E-state index in [1.54, 1.807) is 24.3 Å². The van der Waals surface area contributed by atoms with E-state index in [4.69, 9.17) is 16.3 Å². The van der Waals surface area contributed by atoms with Gasteiger partial charge < -0.3 is 4.74 Å². The number of rotatable bonds is 5. The summed E-state index contributed by atoms with van der Waals surface area (Å²) in [5.74, 6) is 0.207. The van der Waals surface area contributed by atoms with E-state index in [9.17, 15) is 9.59 Å². The van der Waals surface area contributed by atoms with Crippen molar-refractivity contribution in [2.24, 2.45) is 0 Å². The van der Waals surface area contributed by atoms with E-state index in [1.165, 1.54) is 5.56 Å². The summed E-state index contributed by atoms with van der Waals surface area (Å²) < 4.78 is 5.71. The predicted molar refractivity (Wildman–Crippen MR) is 96.2 cm³/mol. The Labute approximate surface area is 148 Å². The molecule has 0 atom stereocenters. The second kappa shape index (κ2) is 7.55. The number of imide groups is 1. The Bertz CT molecular complexity index is 805. The highest BCUT2D eigenvalue weighted by atomic mass is 35.5. The average Bonchev–Trinajstić information content (AvgIpc) is 2.88. The van der Waals surface area contributed by atoms with E-state index >= 15 is 0 Å². The monoisotopic (exact) mass is 359 g/mol. The van der Waals surface area contributed by atoms with Crippen LogP contribution in [0.3, 0.4) is 0 Å². The quantitative estimate of drug-likeness (QED) is 0.809. The van der Waals surface area contributed by atoms with Crippen LogP contribution < -0.4 is 10.1 Å². The van der Waals surface area contributed by atoms with Gasteiger partial charge in [-0.15, -0.1) is 0 Å². The number of halogens is 1. The van der Waals surface area contributed by atoms with Crippen molar-refractivity contribution in [2.45, 2.75) is 6.42 Å². The first-order valence-corrected chi connectivity index (χ1v) is 8.52. The van der Waals surface area contributed by atoms with Crippen LogP contribution in [0.1, 0.15) is 11.1 Å². The molecule has 0 bridgehead atoms. The maximum absolute atomic E-state index is 11.5. The summed E-state index contributed by atoms with van der Waals surface area (Å²) in [7, 11) is 0. The van der Waals surface area contributed by atoms with Gasteiger partial charge in [0.1, 0.15) is 5.75 Å². The zero-order chi connectivity index (χ0) is 16.9. The minimum Gasteiger partial charge on any atom is -0.492 e. The van der Waals surface area contributed by atoms with E-state index < -0.39 is 0 Å². The minimum absolute atomic E-state index is 0.355. The predicted octanol–water partition coefficient (Wildman–Crippen LogP) is 4.29. The Hall–Kier alpha value is -2.24. The van der Waals surface area contributed by atoms with Crippen LogP contribution >= 0.6 is 23.4 Å². The van der Waals surface area contributed by atoms with E-state index in [2.05, 4.69) is 5.32 Å². The van der Waals surface area contributed by atoms with Crippen molar-refractivity contribution in [3.63, 3.8) is 0 Å². The molecule has 6 heteroatoms. The Morgan fingerprint density at radius 2 is 1.92 bits per heavy atom. The number of nitrogens with one attached hydrogen (secondary N) is 1. The average molecular weight is 360 g/mol. The normalized spacial score (nSPS) is 15.6. The third-order valence-corrected chi connectivity index (χ3v) is 4.49. The van der Waals surface area contributed by atoms with Gasteiger partial charge in [-0.1, -0.05) is 48.0 Å². The van der Waals surface area contributed by atoms with Crippen LogP contribution in [0.5, 0.6) is 5.75 Å². The lowest BCUT2D eigenvalue weighted by molar-refractivity contribution is -0.115. The topological polar surface area (TPSA) is 55.4 Å². The van der Waals surface area contributed by atoms with Crippen molar-refractivity contribution in [1.82, 2.24) is 5.32 Å². The fourth-order valence-electron chi connectivity index (χ4n) is 2.22. The summed E-state index contributed by atoms with van der Waals surface area (Å²) in [6.07, 6.45) is 2.42. The van der Waals surface area contributed by atoms with Crippen molar-refractivity contribution < 1.29 is 14.3 Å². The third kappa shape index (κ3) is 4.19. The van der Waals surface area contributed by atoms with E-state index in [-0.39, 0.29) is 11.1 Å². The molecular weight excluding hydrogens is 346 g/mol. The molecular formula is C18H14ClNO3S. The molecule has 122 valence electrons. The molecule has 1 saturated heterocycles. The van der Waals surface area contributed by atoms with Gasteiger partial charge in [0, 0.05) is 6.42 Å². The SMILES string of the molecule is O=C1NC(=O)/C(=C/c2ccc(OCCc3ccccc3)c(Cl)c2)S1. The first-order chi connectivity index (χ1) is 11.6. The highest BCUT2D eigenvalue weighted by molar-refractivity contribution is 8.18. The molecule has 0 aliphatic carbocycles. The van der Waals surface area contributed by atoms with E-state index in [0.29, 0.717) is 22.3 Å². The number of ether oxygens (including phenoxy) is 1. The van der Waals surface area contributed by atoms with Crippen molar-refractivity contribution in [2.75, 3.05) is 6.61 Å². The van der Waals surface area contributed by atoms with Crippen LogP contribution in [-0.4, -0.2) is 17.8 Å². The molecule has 0 aromatic heterocycles. The molecule has 0 radical (unpaired) electrons. The summed E-state index contributed by atoms with van der Waals surface area (Å²) in [6, 6.07) is 15.3. The lowest BCUT2D eigenvalue weighted by Gasteiger charge is -2.09. The van der Waals surface area contributed by atoms with Gasteiger partial charge in [0.25, 0.3) is 11.1 Å². The van der Waals surface area contributed by atoms with Gasteiger partial charge in [-0.2, -0.15) is 0 Å². The smallest absolute Gasteiger partial charge is 0.290 e. The van der Waals surface area contributed by atoms with Crippen LogP contribution in [0.15, 0.2) is 53.4 Å². The molecule has 2 amide bonds. The van der Waals surface area contributed by atoms with Crippen LogP contribution in [0.4, 0.5) is 4.79 Å². The Morgan fingerprint density at radius 3 is 2.58 bits per heavy atom. The van der Waals surface area contributed by atoms with Crippen molar-refractivity contribution >= 4 is 40.6 Å². The molecule has 0 saturated carbocycles. The van der Waals surface area contributed by atoms with Crippen LogP contribution in [0, 0.1) is 0 Å². The molecule has 1 heterocycles. The zero-order valence-corrected chi connectivity index (χ0v) is 14.2. The molecule has 1 fully saturated rings. The molecule has 2 aromatic rings. The number of amides is 2. The zero-order valence-electron chi connectivity index (χ0n) is 12.6. The molecule has 1 N–H and O–H groups in total. The number of benzene rings is 2. The lowest BCUT2D eigenvalue weighted by atomic mass is 10.2. The second-order valence-electron chi connectivity index (χ2n) is 5.13. The molecule has 1 aliphatic rings. The van der Waals surface area contributed by atoms with Gasteiger partial charge in [0.2, 0.25) is 0 Å². The largest absolute Gasteiger partial charge is 0.492 e. The number of carbonyl (C=O) groups excluding carboxylic acids is 2. The second-order valence-corrected chi connectivity index (χ2v) is 6.55. The molecule has 3 rings (SSSR count). The van der Waals surface area contributed by atoms with Crippen molar-refractivity contribution in [3.05, 3.63) is 69.6 Å². The Kier molecular flexibility index (Phi) is 5.23. The van der Waals surface area contributed by atoms with Gasteiger partial charge in [-0.25, -0.2) is 0 Å². The van der Waals surface area contributed by atoms with Crippen LogP contribution in [0.2, 0.25) is 5.02 Å². The minimum atomic E-state index is -0.385. The summed E-state index contributed by atoms with van der Waals surface area (Å²) in [5.41, 5.74) is 1.94. The van der Waals surface area contributed by atoms with Crippen LogP contribution in [0.25, 0.3) is 6.08 Å².